The van der Waals surface area contributed by atoms with Crippen LogP contribution in [0.15, 0.2) is 41.0 Å². The second-order valence-corrected chi connectivity index (χ2v) is 4.81. The zero-order chi connectivity index (χ0) is 13.8. The van der Waals surface area contributed by atoms with Crippen molar-refractivity contribution in [1.29, 1.82) is 5.26 Å². The lowest BCUT2D eigenvalue weighted by Crippen LogP contribution is -2.09. The van der Waals surface area contributed by atoms with Crippen LogP contribution in [0.1, 0.15) is 24.2 Å². The summed E-state index contributed by atoms with van der Waals surface area (Å²) in [5.41, 5.74) is 1.43. The standard InChI is InChI=1S/C14H11BrFN3/c1-9(11-4-2-3-7-18-11)19-12-6-5-10(8-17)13(15)14(12)16/h2-7,9,19H,1H3. The highest BCUT2D eigenvalue weighted by Gasteiger charge is 2.14. The number of halogens is 2. The van der Waals surface area contributed by atoms with E-state index >= 15 is 0 Å². The van der Waals surface area contributed by atoms with Crippen LogP contribution in [0.5, 0.6) is 0 Å². The number of pyridine rings is 1. The van der Waals surface area contributed by atoms with Gasteiger partial charge in [-0.1, -0.05) is 6.07 Å². The van der Waals surface area contributed by atoms with E-state index in [1.54, 1.807) is 18.3 Å². The van der Waals surface area contributed by atoms with Crippen LogP contribution in [0, 0.1) is 17.1 Å². The summed E-state index contributed by atoms with van der Waals surface area (Å²) in [7, 11) is 0. The lowest BCUT2D eigenvalue weighted by Gasteiger charge is -2.16. The van der Waals surface area contributed by atoms with Crippen molar-refractivity contribution in [3.05, 3.63) is 58.1 Å². The van der Waals surface area contributed by atoms with Gasteiger partial charge in [-0.3, -0.25) is 4.98 Å². The number of aromatic nitrogens is 1. The van der Waals surface area contributed by atoms with Crippen LogP contribution in [0.25, 0.3) is 0 Å². The zero-order valence-corrected chi connectivity index (χ0v) is 11.8. The molecule has 0 aliphatic rings. The largest absolute Gasteiger partial charge is 0.375 e. The van der Waals surface area contributed by atoms with Crippen molar-refractivity contribution in [2.24, 2.45) is 0 Å². The first-order chi connectivity index (χ1) is 9.13. The number of nitrogens with one attached hydrogen (secondary N) is 1. The lowest BCUT2D eigenvalue weighted by molar-refractivity contribution is 0.620. The van der Waals surface area contributed by atoms with Gasteiger partial charge in [0.2, 0.25) is 0 Å². The van der Waals surface area contributed by atoms with Gasteiger partial charge in [0.05, 0.1) is 27.5 Å². The Morgan fingerprint density at radius 1 is 1.37 bits per heavy atom. The molecule has 0 spiro atoms. The Bertz CT molecular complexity index is 623. The summed E-state index contributed by atoms with van der Waals surface area (Å²) in [6.45, 7) is 1.90. The molecule has 5 heteroatoms. The highest BCUT2D eigenvalue weighted by Crippen LogP contribution is 2.28. The van der Waals surface area contributed by atoms with Crippen molar-refractivity contribution in [2.45, 2.75) is 13.0 Å². The first-order valence-electron chi connectivity index (χ1n) is 5.69. The summed E-state index contributed by atoms with van der Waals surface area (Å²) in [6, 6.07) is 10.5. The van der Waals surface area contributed by atoms with E-state index in [1.165, 1.54) is 0 Å². The number of hydrogen-bond acceptors (Lipinski definition) is 3. The first kappa shape index (κ1) is 13.5. The van der Waals surface area contributed by atoms with Crippen LogP contribution in [0.2, 0.25) is 0 Å². The second kappa shape index (κ2) is 5.81. The highest BCUT2D eigenvalue weighted by atomic mass is 79.9. The summed E-state index contributed by atoms with van der Waals surface area (Å²) in [6.07, 6.45) is 1.69. The molecule has 1 unspecified atom stereocenters. The summed E-state index contributed by atoms with van der Waals surface area (Å²) >= 11 is 3.08. The van der Waals surface area contributed by atoms with Crippen molar-refractivity contribution < 1.29 is 4.39 Å². The molecule has 0 fully saturated rings. The minimum absolute atomic E-state index is 0.129. The smallest absolute Gasteiger partial charge is 0.161 e. The SMILES string of the molecule is CC(Nc1ccc(C#N)c(Br)c1F)c1ccccn1. The third kappa shape index (κ3) is 2.91. The van der Waals surface area contributed by atoms with E-state index in [4.69, 9.17) is 5.26 Å². The van der Waals surface area contributed by atoms with Crippen molar-refractivity contribution in [1.82, 2.24) is 4.98 Å². The van der Waals surface area contributed by atoms with Crippen molar-refractivity contribution in [3.63, 3.8) is 0 Å². The Morgan fingerprint density at radius 2 is 2.16 bits per heavy atom. The van der Waals surface area contributed by atoms with E-state index in [0.29, 0.717) is 5.69 Å². The Morgan fingerprint density at radius 3 is 2.79 bits per heavy atom. The van der Waals surface area contributed by atoms with Crippen LogP contribution in [0.4, 0.5) is 10.1 Å². The van der Waals surface area contributed by atoms with E-state index in [0.717, 1.165) is 5.69 Å². The molecule has 1 aromatic carbocycles. The minimum Gasteiger partial charge on any atom is -0.375 e. The van der Waals surface area contributed by atoms with Crippen LogP contribution in [-0.4, -0.2) is 4.98 Å². The van der Waals surface area contributed by atoms with Gasteiger partial charge in [0.1, 0.15) is 6.07 Å². The predicted molar refractivity (Wildman–Crippen MR) is 75.1 cm³/mol. The molecule has 3 nitrogen and oxygen atoms in total. The fourth-order valence-corrected chi connectivity index (χ4v) is 2.12. The third-order valence-electron chi connectivity index (χ3n) is 2.71. The molecule has 0 radical (unpaired) electrons. The monoisotopic (exact) mass is 319 g/mol. The Hall–Kier alpha value is -1.93. The van der Waals surface area contributed by atoms with Crippen LogP contribution in [0.3, 0.4) is 0 Å². The molecule has 0 saturated heterocycles. The van der Waals surface area contributed by atoms with Crippen LogP contribution in [-0.2, 0) is 0 Å². The highest BCUT2D eigenvalue weighted by molar-refractivity contribution is 9.10. The number of hydrogen-bond donors (Lipinski definition) is 1. The van der Waals surface area contributed by atoms with Gasteiger partial charge < -0.3 is 5.32 Å². The molecule has 2 aromatic rings. The zero-order valence-electron chi connectivity index (χ0n) is 10.2. The molecule has 0 amide bonds. The summed E-state index contributed by atoms with van der Waals surface area (Å²) in [5.74, 6) is -0.471. The van der Waals surface area contributed by atoms with Crippen molar-refractivity contribution in [3.8, 4) is 6.07 Å². The number of nitriles is 1. The topological polar surface area (TPSA) is 48.7 Å². The van der Waals surface area contributed by atoms with Gasteiger partial charge >= 0.3 is 0 Å². The first-order valence-corrected chi connectivity index (χ1v) is 6.48. The fraction of sp³-hybridized carbons (Fsp3) is 0.143. The van der Waals surface area contributed by atoms with Gasteiger partial charge in [0.15, 0.2) is 5.82 Å². The van der Waals surface area contributed by atoms with E-state index in [1.807, 2.05) is 31.2 Å². The molecule has 2 rings (SSSR count). The van der Waals surface area contributed by atoms with E-state index in [2.05, 4.69) is 26.2 Å². The summed E-state index contributed by atoms with van der Waals surface area (Å²) in [4.78, 5) is 4.21. The Kier molecular flexibility index (Phi) is 4.13. The van der Waals surface area contributed by atoms with Gasteiger partial charge in [0, 0.05) is 6.20 Å². The molecule has 1 aromatic heterocycles. The molecule has 0 bridgehead atoms. The summed E-state index contributed by atoms with van der Waals surface area (Å²) in [5, 5.41) is 11.9. The molecule has 0 aliphatic heterocycles. The number of anilines is 1. The van der Waals surface area contributed by atoms with Gasteiger partial charge in [-0.05, 0) is 47.1 Å². The van der Waals surface area contributed by atoms with Crippen LogP contribution >= 0.6 is 15.9 Å². The molecule has 0 saturated carbocycles. The summed E-state index contributed by atoms with van der Waals surface area (Å²) < 4.78 is 14.2. The quantitative estimate of drug-likeness (QED) is 0.929. The Balaban J connectivity index is 2.26. The van der Waals surface area contributed by atoms with Gasteiger partial charge in [0.25, 0.3) is 0 Å². The maximum absolute atomic E-state index is 14.0. The molecule has 1 N–H and O–H groups in total. The molecule has 19 heavy (non-hydrogen) atoms. The van der Waals surface area contributed by atoms with Crippen LogP contribution < -0.4 is 5.32 Å². The van der Waals surface area contributed by atoms with E-state index in [9.17, 15) is 4.39 Å². The van der Waals surface area contributed by atoms with Crippen molar-refractivity contribution >= 4 is 21.6 Å². The molecule has 96 valence electrons. The second-order valence-electron chi connectivity index (χ2n) is 4.02. The minimum atomic E-state index is -0.471. The molecular weight excluding hydrogens is 309 g/mol. The fourth-order valence-electron chi connectivity index (χ4n) is 1.69. The Labute approximate surface area is 119 Å². The third-order valence-corrected chi connectivity index (χ3v) is 3.48. The van der Waals surface area contributed by atoms with Gasteiger partial charge in [-0.2, -0.15) is 5.26 Å². The average Bonchev–Trinajstić information content (AvgIpc) is 2.45. The predicted octanol–water partition coefficient (Wildman–Crippen LogP) is 4.03. The average molecular weight is 320 g/mol. The lowest BCUT2D eigenvalue weighted by atomic mass is 10.1. The van der Waals surface area contributed by atoms with Gasteiger partial charge in [-0.15, -0.1) is 0 Å². The molecule has 1 atom stereocenters. The molecule has 0 aliphatic carbocycles. The number of rotatable bonds is 3. The molecule has 1 heterocycles. The number of nitrogens with zero attached hydrogens (tertiary/aromatic N) is 2. The van der Waals surface area contributed by atoms with E-state index < -0.39 is 5.82 Å². The maximum atomic E-state index is 14.0. The molecular formula is C14H11BrFN3. The normalized spacial score (nSPS) is 11.7. The van der Waals surface area contributed by atoms with Gasteiger partial charge in [-0.25, -0.2) is 4.39 Å². The van der Waals surface area contributed by atoms with Crippen molar-refractivity contribution in [2.75, 3.05) is 5.32 Å². The maximum Gasteiger partial charge on any atom is 0.161 e. The van der Waals surface area contributed by atoms with E-state index in [-0.39, 0.29) is 16.1 Å². The number of benzene rings is 1.